The maximum absolute atomic E-state index is 12.0. The van der Waals surface area contributed by atoms with Crippen molar-refractivity contribution in [2.24, 2.45) is 0 Å². The van der Waals surface area contributed by atoms with Gasteiger partial charge in [-0.3, -0.25) is 9.78 Å². The molecule has 0 aliphatic carbocycles. The van der Waals surface area contributed by atoms with E-state index in [-0.39, 0.29) is 5.91 Å². The molecule has 2 heterocycles. The molecule has 0 aliphatic rings. The summed E-state index contributed by atoms with van der Waals surface area (Å²) in [6.07, 6.45) is 9.59. The Hall–Kier alpha value is -2.99. The number of carbonyl (C=O) groups excluding carboxylic acids is 1. The molecule has 1 N–H and O–H groups in total. The number of thiazole rings is 1. The molecule has 5 nitrogen and oxygen atoms in total. The molecule has 0 saturated carbocycles. The van der Waals surface area contributed by atoms with Crippen molar-refractivity contribution in [2.45, 2.75) is 26.2 Å². The molecule has 1 aromatic carbocycles. The van der Waals surface area contributed by atoms with Gasteiger partial charge >= 0.3 is 0 Å². The quantitative estimate of drug-likeness (QED) is 0.389. The number of hydrogen-bond donors (Lipinski definition) is 1. The number of hydrogen-bond acceptors (Lipinski definition) is 5. The Bertz CT molecular complexity index is 921. The molecular formula is C23H25N3O2S. The van der Waals surface area contributed by atoms with Crippen LogP contribution >= 0.6 is 11.3 Å². The Morgan fingerprint density at radius 1 is 1.17 bits per heavy atom. The van der Waals surface area contributed by atoms with Gasteiger partial charge in [0.25, 0.3) is 0 Å². The molecule has 1 amide bonds. The Labute approximate surface area is 175 Å². The fourth-order valence-corrected chi connectivity index (χ4v) is 3.51. The monoisotopic (exact) mass is 407 g/mol. The van der Waals surface area contributed by atoms with Crippen molar-refractivity contribution in [3.05, 3.63) is 70.8 Å². The maximum atomic E-state index is 12.0. The Morgan fingerprint density at radius 3 is 2.72 bits per heavy atom. The summed E-state index contributed by atoms with van der Waals surface area (Å²) >= 11 is 1.65. The third kappa shape index (κ3) is 6.84. The molecular weight excluding hydrogens is 382 g/mol. The van der Waals surface area contributed by atoms with Gasteiger partial charge < -0.3 is 10.1 Å². The lowest BCUT2D eigenvalue weighted by atomic mass is 10.2. The fourth-order valence-electron chi connectivity index (χ4n) is 2.66. The summed E-state index contributed by atoms with van der Waals surface area (Å²) in [7, 11) is 0. The zero-order valence-electron chi connectivity index (χ0n) is 16.5. The lowest BCUT2D eigenvalue weighted by Gasteiger charge is -2.04. The third-order valence-corrected chi connectivity index (χ3v) is 5.08. The van der Waals surface area contributed by atoms with Crippen LogP contribution in [0, 0.1) is 0 Å². The van der Waals surface area contributed by atoms with Crippen molar-refractivity contribution in [3.63, 3.8) is 0 Å². The van der Waals surface area contributed by atoms with E-state index in [9.17, 15) is 4.79 Å². The molecule has 0 unspecified atom stereocenters. The van der Waals surface area contributed by atoms with E-state index in [0.29, 0.717) is 13.2 Å². The summed E-state index contributed by atoms with van der Waals surface area (Å²) in [5, 5.41) is 6.06. The molecule has 0 aliphatic heterocycles. The van der Waals surface area contributed by atoms with E-state index in [1.807, 2.05) is 36.4 Å². The first-order valence-corrected chi connectivity index (χ1v) is 10.7. The van der Waals surface area contributed by atoms with Crippen LogP contribution in [0.3, 0.4) is 0 Å². The van der Waals surface area contributed by atoms with Crippen LogP contribution in [-0.4, -0.2) is 29.0 Å². The molecule has 0 spiro atoms. The van der Waals surface area contributed by atoms with E-state index < -0.39 is 0 Å². The SMILES string of the molecule is CCCOc1ccc(/C=C/C(=O)NCCCc2nc(-c3ccncc3)cs2)cc1. The smallest absolute Gasteiger partial charge is 0.243 e. The number of carbonyl (C=O) groups is 1. The van der Waals surface area contributed by atoms with Crippen molar-refractivity contribution in [1.82, 2.24) is 15.3 Å². The van der Waals surface area contributed by atoms with Crippen LogP contribution in [0.2, 0.25) is 0 Å². The van der Waals surface area contributed by atoms with Gasteiger partial charge in [0.05, 0.1) is 17.3 Å². The highest BCUT2D eigenvalue weighted by Gasteiger charge is 2.04. The van der Waals surface area contributed by atoms with E-state index >= 15 is 0 Å². The standard InChI is InChI=1S/C23H25N3O2S/c1-2-16-28-20-8-5-18(6-9-20)7-10-22(27)25-13-3-4-23-26-21(17-29-23)19-11-14-24-15-12-19/h5-12,14-15,17H,2-4,13,16H2,1H3,(H,25,27)/b10-7+. The minimum Gasteiger partial charge on any atom is -0.494 e. The molecule has 0 atom stereocenters. The van der Waals surface area contributed by atoms with Crippen LogP contribution in [0.5, 0.6) is 5.75 Å². The molecule has 0 bridgehead atoms. The van der Waals surface area contributed by atoms with Crippen molar-refractivity contribution in [3.8, 4) is 17.0 Å². The van der Waals surface area contributed by atoms with Crippen LogP contribution in [0.15, 0.2) is 60.2 Å². The summed E-state index contributed by atoms with van der Waals surface area (Å²) in [6, 6.07) is 11.6. The van der Waals surface area contributed by atoms with Gasteiger partial charge in [-0.05, 0) is 48.7 Å². The molecule has 3 rings (SSSR count). The number of rotatable bonds is 10. The summed E-state index contributed by atoms with van der Waals surface area (Å²) < 4.78 is 5.55. The van der Waals surface area contributed by atoms with Crippen LogP contribution in [0.25, 0.3) is 17.3 Å². The molecule has 29 heavy (non-hydrogen) atoms. The number of nitrogens with one attached hydrogen (secondary N) is 1. The zero-order valence-corrected chi connectivity index (χ0v) is 17.3. The minimum atomic E-state index is -0.0899. The first kappa shape index (κ1) is 20.7. The topological polar surface area (TPSA) is 64.1 Å². The number of ether oxygens (including phenoxy) is 1. The molecule has 3 aromatic rings. The second kappa shape index (κ2) is 11.1. The first-order chi connectivity index (χ1) is 14.2. The molecule has 0 radical (unpaired) electrons. The number of aromatic nitrogens is 2. The van der Waals surface area contributed by atoms with Crippen LogP contribution in [0.4, 0.5) is 0 Å². The lowest BCUT2D eigenvalue weighted by Crippen LogP contribution is -2.22. The highest BCUT2D eigenvalue weighted by atomic mass is 32.1. The largest absolute Gasteiger partial charge is 0.494 e. The van der Waals surface area contributed by atoms with E-state index in [1.54, 1.807) is 35.9 Å². The van der Waals surface area contributed by atoms with Gasteiger partial charge in [-0.15, -0.1) is 11.3 Å². The summed E-state index contributed by atoms with van der Waals surface area (Å²) in [5.74, 6) is 0.760. The van der Waals surface area contributed by atoms with Crippen molar-refractivity contribution in [1.29, 1.82) is 0 Å². The number of amides is 1. The molecule has 6 heteroatoms. The highest BCUT2D eigenvalue weighted by molar-refractivity contribution is 7.09. The van der Waals surface area contributed by atoms with Gasteiger partial charge in [-0.25, -0.2) is 4.98 Å². The van der Waals surface area contributed by atoms with E-state index in [1.165, 1.54) is 0 Å². The second-order valence-corrected chi connectivity index (χ2v) is 7.45. The summed E-state index contributed by atoms with van der Waals surface area (Å²) in [5.41, 5.74) is 3.02. The average Bonchev–Trinajstić information content (AvgIpc) is 3.24. The number of pyridine rings is 1. The van der Waals surface area contributed by atoms with Gasteiger partial charge in [0.2, 0.25) is 5.91 Å². The maximum Gasteiger partial charge on any atom is 0.243 e. The highest BCUT2D eigenvalue weighted by Crippen LogP contribution is 2.21. The average molecular weight is 408 g/mol. The van der Waals surface area contributed by atoms with Gasteiger partial charge in [0.15, 0.2) is 0 Å². The number of benzene rings is 1. The van der Waals surface area contributed by atoms with Crippen LogP contribution < -0.4 is 10.1 Å². The number of aryl methyl sites for hydroxylation is 1. The van der Waals surface area contributed by atoms with Gasteiger partial charge in [-0.2, -0.15) is 0 Å². The van der Waals surface area contributed by atoms with Crippen molar-refractivity contribution >= 4 is 23.3 Å². The van der Waals surface area contributed by atoms with Gasteiger partial charge in [0, 0.05) is 42.4 Å². The summed E-state index contributed by atoms with van der Waals surface area (Å²) in [6.45, 7) is 3.41. The van der Waals surface area contributed by atoms with E-state index in [0.717, 1.165) is 46.8 Å². The summed E-state index contributed by atoms with van der Waals surface area (Å²) in [4.78, 5) is 20.7. The fraction of sp³-hybridized carbons (Fsp3) is 0.261. The Balaban J connectivity index is 1.38. The van der Waals surface area contributed by atoms with Crippen LogP contribution in [-0.2, 0) is 11.2 Å². The van der Waals surface area contributed by atoms with E-state index in [2.05, 4.69) is 27.6 Å². The number of nitrogens with zero attached hydrogens (tertiary/aromatic N) is 2. The lowest BCUT2D eigenvalue weighted by molar-refractivity contribution is -0.116. The zero-order chi connectivity index (χ0) is 20.3. The minimum absolute atomic E-state index is 0.0899. The Morgan fingerprint density at radius 2 is 1.97 bits per heavy atom. The van der Waals surface area contributed by atoms with Crippen molar-refractivity contribution in [2.75, 3.05) is 13.2 Å². The van der Waals surface area contributed by atoms with Gasteiger partial charge in [0.1, 0.15) is 5.75 Å². The van der Waals surface area contributed by atoms with Crippen molar-refractivity contribution < 1.29 is 9.53 Å². The molecule has 2 aromatic heterocycles. The van der Waals surface area contributed by atoms with Crippen LogP contribution in [0.1, 0.15) is 30.3 Å². The molecule has 0 saturated heterocycles. The normalized spacial score (nSPS) is 10.9. The Kier molecular flexibility index (Phi) is 7.95. The third-order valence-electron chi connectivity index (χ3n) is 4.17. The predicted molar refractivity (Wildman–Crippen MR) is 118 cm³/mol. The first-order valence-electron chi connectivity index (χ1n) is 9.78. The molecule has 150 valence electrons. The predicted octanol–water partition coefficient (Wildman–Crippen LogP) is 4.76. The van der Waals surface area contributed by atoms with E-state index in [4.69, 9.17) is 4.74 Å². The molecule has 0 fully saturated rings. The second-order valence-electron chi connectivity index (χ2n) is 6.51. The van der Waals surface area contributed by atoms with Gasteiger partial charge in [-0.1, -0.05) is 19.1 Å².